The van der Waals surface area contributed by atoms with Gasteiger partial charge in [0.2, 0.25) is 0 Å². The lowest BCUT2D eigenvalue weighted by Gasteiger charge is -2.27. The highest BCUT2D eigenvalue weighted by Crippen LogP contribution is 2.42. The van der Waals surface area contributed by atoms with Gasteiger partial charge in [-0.25, -0.2) is 0 Å². The summed E-state index contributed by atoms with van der Waals surface area (Å²) >= 11 is 0. The smallest absolute Gasteiger partial charge is 0.123 e. The van der Waals surface area contributed by atoms with Gasteiger partial charge in [0.05, 0.1) is 13.7 Å². The van der Waals surface area contributed by atoms with Crippen molar-refractivity contribution in [3.63, 3.8) is 0 Å². The van der Waals surface area contributed by atoms with E-state index in [4.69, 9.17) is 15.2 Å². The summed E-state index contributed by atoms with van der Waals surface area (Å²) in [6, 6.07) is 6.51. The molecular weight excluding hydrogens is 238 g/mol. The minimum atomic E-state index is -0.194. The Kier molecular flexibility index (Phi) is 3.50. The minimum absolute atomic E-state index is 0.194. The summed E-state index contributed by atoms with van der Waals surface area (Å²) < 4.78 is 11.0. The fourth-order valence-electron chi connectivity index (χ4n) is 3.44. The van der Waals surface area contributed by atoms with Crippen LogP contribution in [0.4, 0.5) is 0 Å². The molecule has 0 bridgehead atoms. The van der Waals surface area contributed by atoms with Crippen LogP contribution in [0.25, 0.3) is 0 Å². The maximum atomic E-state index is 6.61. The van der Waals surface area contributed by atoms with Crippen molar-refractivity contribution in [2.45, 2.75) is 43.6 Å². The first kappa shape index (κ1) is 12.9. The lowest BCUT2D eigenvalue weighted by Crippen LogP contribution is -2.33. The Morgan fingerprint density at radius 2 is 2.11 bits per heavy atom. The molecule has 3 nitrogen and oxygen atoms in total. The van der Waals surface area contributed by atoms with Gasteiger partial charge in [0.1, 0.15) is 5.75 Å². The van der Waals surface area contributed by atoms with Gasteiger partial charge in [-0.15, -0.1) is 0 Å². The monoisotopic (exact) mass is 261 g/mol. The Labute approximate surface area is 115 Å². The van der Waals surface area contributed by atoms with E-state index in [9.17, 15) is 0 Å². The van der Waals surface area contributed by atoms with Gasteiger partial charge in [-0.05, 0) is 37.0 Å². The van der Waals surface area contributed by atoms with Crippen LogP contribution in [0.1, 0.15) is 49.1 Å². The second-order valence-electron chi connectivity index (χ2n) is 5.88. The van der Waals surface area contributed by atoms with Crippen LogP contribution >= 0.6 is 0 Å². The van der Waals surface area contributed by atoms with Crippen molar-refractivity contribution in [2.75, 3.05) is 20.3 Å². The van der Waals surface area contributed by atoms with Crippen molar-refractivity contribution in [1.82, 2.24) is 0 Å². The third kappa shape index (κ3) is 2.37. The predicted octanol–water partition coefficient (Wildman–Crippen LogP) is 2.93. The molecule has 1 heterocycles. The molecule has 1 saturated carbocycles. The van der Waals surface area contributed by atoms with E-state index in [0.717, 1.165) is 38.2 Å². The Hall–Kier alpha value is -1.06. The Balaban J connectivity index is 1.97. The second-order valence-corrected chi connectivity index (χ2v) is 5.88. The van der Waals surface area contributed by atoms with Gasteiger partial charge in [-0.2, -0.15) is 0 Å². The average molecular weight is 261 g/mol. The number of hydrogen-bond donors (Lipinski definition) is 1. The largest absolute Gasteiger partial charge is 0.496 e. The molecule has 1 unspecified atom stereocenters. The first-order valence-electron chi connectivity index (χ1n) is 7.28. The molecule has 0 spiro atoms. The summed E-state index contributed by atoms with van der Waals surface area (Å²) in [7, 11) is 1.73. The third-order valence-corrected chi connectivity index (χ3v) is 4.66. The average Bonchev–Trinajstić information content (AvgIpc) is 3.10. The molecule has 1 saturated heterocycles. The Morgan fingerprint density at radius 3 is 2.74 bits per heavy atom. The topological polar surface area (TPSA) is 44.5 Å². The van der Waals surface area contributed by atoms with Gasteiger partial charge in [0, 0.05) is 23.6 Å². The van der Waals surface area contributed by atoms with Gasteiger partial charge in [-0.3, -0.25) is 0 Å². The lowest BCUT2D eigenvalue weighted by atomic mass is 9.85. The molecule has 2 aliphatic rings. The summed E-state index contributed by atoms with van der Waals surface area (Å²) in [4.78, 5) is 0. The van der Waals surface area contributed by atoms with Crippen LogP contribution in [0.2, 0.25) is 0 Å². The molecule has 0 amide bonds. The molecule has 1 aliphatic heterocycles. The van der Waals surface area contributed by atoms with E-state index in [1.165, 1.54) is 24.0 Å². The summed E-state index contributed by atoms with van der Waals surface area (Å²) in [6.07, 6.45) is 5.68. The van der Waals surface area contributed by atoms with Crippen LogP contribution in [0.15, 0.2) is 18.2 Å². The molecule has 1 aromatic carbocycles. The molecule has 0 aromatic heterocycles. The van der Waals surface area contributed by atoms with Gasteiger partial charge in [0.25, 0.3) is 0 Å². The molecule has 19 heavy (non-hydrogen) atoms. The van der Waals surface area contributed by atoms with E-state index in [1.54, 1.807) is 7.11 Å². The molecule has 3 heteroatoms. The van der Waals surface area contributed by atoms with Crippen LogP contribution in [-0.2, 0) is 10.3 Å². The van der Waals surface area contributed by atoms with Gasteiger partial charge >= 0.3 is 0 Å². The second kappa shape index (κ2) is 5.14. The molecule has 2 fully saturated rings. The maximum Gasteiger partial charge on any atom is 0.123 e. The summed E-state index contributed by atoms with van der Waals surface area (Å²) in [5, 5.41) is 0. The van der Waals surface area contributed by atoms with Gasteiger partial charge in [0.15, 0.2) is 0 Å². The van der Waals surface area contributed by atoms with Crippen LogP contribution < -0.4 is 10.5 Å². The first-order valence-corrected chi connectivity index (χ1v) is 7.28. The Morgan fingerprint density at radius 1 is 1.32 bits per heavy atom. The van der Waals surface area contributed by atoms with E-state index >= 15 is 0 Å². The number of ether oxygens (including phenoxy) is 2. The number of nitrogens with two attached hydrogens (primary N) is 1. The zero-order valence-electron chi connectivity index (χ0n) is 11.7. The quantitative estimate of drug-likeness (QED) is 0.910. The summed E-state index contributed by atoms with van der Waals surface area (Å²) in [6.45, 7) is 1.71. The standard InChI is InChI=1S/C16H23NO2/c1-18-15-5-4-12(13-6-9-19-11-13)10-14(15)16(17)7-2-3-8-16/h4-5,10,13H,2-3,6-9,11,17H2,1H3. The molecule has 1 aromatic rings. The molecule has 0 radical (unpaired) electrons. The number of hydrogen-bond acceptors (Lipinski definition) is 3. The highest BCUT2D eigenvalue weighted by Gasteiger charge is 2.34. The van der Waals surface area contributed by atoms with Crippen molar-refractivity contribution in [1.29, 1.82) is 0 Å². The van der Waals surface area contributed by atoms with Crippen LogP contribution in [-0.4, -0.2) is 20.3 Å². The molecule has 104 valence electrons. The van der Waals surface area contributed by atoms with Crippen molar-refractivity contribution in [2.24, 2.45) is 5.73 Å². The minimum Gasteiger partial charge on any atom is -0.496 e. The molecular formula is C16H23NO2. The maximum absolute atomic E-state index is 6.61. The van der Waals surface area contributed by atoms with E-state index in [-0.39, 0.29) is 5.54 Å². The van der Waals surface area contributed by atoms with Gasteiger partial charge < -0.3 is 15.2 Å². The number of rotatable bonds is 3. The molecule has 1 atom stereocenters. The third-order valence-electron chi connectivity index (χ3n) is 4.66. The van der Waals surface area contributed by atoms with Crippen molar-refractivity contribution in [3.05, 3.63) is 29.3 Å². The molecule has 2 N–H and O–H groups in total. The van der Waals surface area contributed by atoms with Crippen LogP contribution in [0.5, 0.6) is 5.75 Å². The van der Waals surface area contributed by atoms with Crippen molar-refractivity contribution >= 4 is 0 Å². The van der Waals surface area contributed by atoms with Gasteiger partial charge in [-0.1, -0.05) is 18.9 Å². The predicted molar refractivity (Wildman–Crippen MR) is 75.5 cm³/mol. The zero-order valence-corrected chi connectivity index (χ0v) is 11.7. The van der Waals surface area contributed by atoms with E-state index < -0.39 is 0 Å². The van der Waals surface area contributed by atoms with Crippen molar-refractivity contribution in [3.8, 4) is 5.75 Å². The first-order chi connectivity index (χ1) is 9.23. The van der Waals surface area contributed by atoms with E-state index in [2.05, 4.69) is 18.2 Å². The van der Waals surface area contributed by atoms with E-state index in [0.29, 0.717) is 5.92 Å². The molecule has 3 rings (SSSR count). The SMILES string of the molecule is COc1ccc(C2CCOC2)cc1C1(N)CCCC1. The number of methoxy groups -OCH3 is 1. The summed E-state index contributed by atoms with van der Waals surface area (Å²) in [5.74, 6) is 1.46. The number of benzene rings is 1. The highest BCUT2D eigenvalue weighted by molar-refractivity contribution is 5.43. The normalized spacial score (nSPS) is 25.7. The zero-order chi connectivity index (χ0) is 13.3. The van der Waals surface area contributed by atoms with E-state index in [1.807, 2.05) is 0 Å². The lowest BCUT2D eigenvalue weighted by molar-refractivity contribution is 0.194. The fourth-order valence-corrected chi connectivity index (χ4v) is 3.44. The van der Waals surface area contributed by atoms with Crippen LogP contribution in [0.3, 0.4) is 0 Å². The summed E-state index contributed by atoms with van der Waals surface area (Å²) in [5.41, 5.74) is 8.96. The van der Waals surface area contributed by atoms with Crippen molar-refractivity contribution < 1.29 is 9.47 Å². The Bertz CT molecular complexity index is 446. The molecule has 1 aliphatic carbocycles. The van der Waals surface area contributed by atoms with Crippen LogP contribution in [0, 0.1) is 0 Å². The fraction of sp³-hybridized carbons (Fsp3) is 0.625. The highest BCUT2D eigenvalue weighted by atomic mass is 16.5.